The number of nitrogens with one attached hydrogen (secondary N) is 1. The molecule has 0 amide bonds. The molecule has 0 aromatic heterocycles. The molecular weight excluding hydrogens is 214 g/mol. The highest BCUT2D eigenvalue weighted by molar-refractivity contribution is 5.18. The van der Waals surface area contributed by atoms with E-state index in [9.17, 15) is 5.11 Å². The summed E-state index contributed by atoms with van der Waals surface area (Å²) in [6.07, 6.45) is 7.50. The van der Waals surface area contributed by atoms with Crippen LogP contribution in [0.3, 0.4) is 0 Å². The predicted molar refractivity (Wildman–Crippen MR) is 66.8 cm³/mol. The molecule has 1 aliphatic heterocycles. The zero-order chi connectivity index (χ0) is 11.9. The summed E-state index contributed by atoms with van der Waals surface area (Å²) >= 11 is 0. The van der Waals surface area contributed by atoms with Gasteiger partial charge in [-0.3, -0.25) is 0 Å². The zero-order valence-corrected chi connectivity index (χ0v) is 10.8. The van der Waals surface area contributed by atoms with Crippen molar-refractivity contribution in [2.75, 3.05) is 13.2 Å². The zero-order valence-electron chi connectivity index (χ0n) is 10.8. The molecule has 0 aromatic carbocycles. The van der Waals surface area contributed by atoms with Gasteiger partial charge < -0.3 is 15.2 Å². The molecule has 4 unspecified atom stereocenters. The Balaban J connectivity index is 1.52. The normalized spacial score (nSPS) is 39.5. The average molecular weight is 239 g/mol. The Morgan fingerprint density at radius 3 is 2.94 bits per heavy atom. The van der Waals surface area contributed by atoms with Crippen LogP contribution < -0.4 is 5.32 Å². The molecule has 4 atom stereocenters. The van der Waals surface area contributed by atoms with Gasteiger partial charge in [0.25, 0.3) is 0 Å². The van der Waals surface area contributed by atoms with Gasteiger partial charge in [-0.15, -0.1) is 0 Å². The second kappa shape index (κ2) is 4.52. The molecule has 0 aromatic rings. The van der Waals surface area contributed by atoms with Gasteiger partial charge in [0.05, 0.1) is 12.2 Å². The van der Waals surface area contributed by atoms with E-state index in [0.717, 1.165) is 31.9 Å². The van der Waals surface area contributed by atoms with E-state index in [1.807, 2.05) is 6.92 Å². The minimum atomic E-state index is -0.129. The van der Waals surface area contributed by atoms with Gasteiger partial charge in [-0.1, -0.05) is 13.3 Å². The molecule has 2 N–H and O–H groups in total. The van der Waals surface area contributed by atoms with Crippen molar-refractivity contribution in [3.63, 3.8) is 0 Å². The Morgan fingerprint density at radius 2 is 2.29 bits per heavy atom. The van der Waals surface area contributed by atoms with Crippen molar-refractivity contribution in [2.45, 2.75) is 63.7 Å². The van der Waals surface area contributed by atoms with E-state index >= 15 is 0 Å². The fraction of sp³-hybridized carbons (Fsp3) is 1.00. The molecule has 17 heavy (non-hydrogen) atoms. The van der Waals surface area contributed by atoms with Crippen LogP contribution in [-0.4, -0.2) is 36.5 Å². The highest BCUT2D eigenvalue weighted by Gasteiger charge is 2.66. The van der Waals surface area contributed by atoms with Crippen LogP contribution in [0.4, 0.5) is 0 Å². The number of rotatable bonds is 5. The maximum Gasteiger partial charge on any atom is 0.0690 e. The SMILES string of the molecule is CCC(O)CCNC1C2CCOC2C12CCC2. The maximum atomic E-state index is 9.59. The van der Waals surface area contributed by atoms with Crippen molar-refractivity contribution in [3.05, 3.63) is 0 Å². The highest BCUT2D eigenvalue weighted by Crippen LogP contribution is 2.62. The molecule has 3 rings (SSSR count). The molecule has 1 spiro atoms. The van der Waals surface area contributed by atoms with Crippen molar-refractivity contribution < 1.29 is 9.84 Å². The standard InChI is InChI=1S/C14H25NO2/c1-2-10(16)4-8-15-12-11-5-9-17-13(11)14(12)6-3-7-14/h10-13,15-16H,2-9H2,1H3. The van der Waals surface area contributed by atoms with Gasteiger partial charge >= 0.3 is 0 Å². The number of aliphatic hydroxyl groups is 1. The molecule has 3 aliphatic rings. The summed E-state index contributed by atoms with van der Waals surface area (Å²) in [5, 5.41) is 13.3. The minimum Gasteiger partial charge on any atom is -0.393 e. The number of hydrogen-bond donors (Lipinski definition) is 2. The molecule has 1 heterocycles. The predicted octanol–water partition coefficient (Wildman–Crippen LogP) is 1.69. The molecule has 0 bridgehead atoms. The fourth-order valence-electron chi connectivity index (χ4n) is 4.17. The van der Waals surface area contributed by atoms with Gasteiger partial charge in [0.2, 0.25) is 0 Å². The summed E-state index contributed by atoms with van der Waals surface area (Å²) in [4.78, 5) is 0. The third-order valence-electron chi connectivity index (χ3n) is 5.35. The van der Waals surface area contributed by atoms with E-state index in [4.69, 9.17) is 4.74 Å². The van der Waals surface area contributed by atoms with Crippen molar-refractivity contribution in [3.8, 4) is 0 Å². The summed E-state index contributed by atoms with van der Waals surface area (Å²) in [6, 6.07) is 0.674. The lowest BCUT2D eigenvalue weighted by molar-refractivity contribution is -0.176. The van der Waals surface area contributed by atoms with Crippen LogP contribution in [-0.2, 0) is 4.74 Å². The summed E-state index contributed by atoms with van der Waals surface area (Å²) < 4.78 is 5.90. The average Bonchev–Trinajstić information content (AvgIpc) is 2.67. The summed E-state index contributed by atoms with van der Waals surface area (Å²) in [7, 11) is 0. The second-order valence-electron chi connectivity index (χ2n) is 6.11. The first-order valence-corrected chi connectivity index (χ1v) is 7.31. The van der Waals surface area contributed by atoms with Crippen LogP contribution in [0.1, 0.15) is 45.4 Å². The van der Waals surface area contributed by atoms with Crippen molar-refractivity contribution in [1.82, 2.24) is 5.32 Å². The van der Waals surface area contributed by atoms with Crippen LogP contribution in [0, 0.1) is 11.3 Å². The topological polar surface area (TPSA) is 41.5 Å². The van der Waals surface area contributed by atoms with E-state index < -0.39 is 0 Å². The highest BCUT2D eigenvalue weighted by atomic mass is 16.5. The van der Waals surface area contributed by atoms with Crippen molar-refractivity contribution in [1.29, 1.82) is 0 Å². The van der Waals surface area contributed by atoms with Crippen LogP contribution >= 0.6 is 0 Å². The third-order valence-corrected chi connectivity index (χ3v) is 5.35. The first kappa shape index (κ1) is 11.9. The minimum absolute atomic E-state index is 0.129. The van der Waals surface area contributed by atoms with E-state index in [1.165, 1.54) is 25.7 Å². The molecular formula is C14H25NO2. The van der Waals surface area contributed by atoms with E-state index in [-0.39, 0.29) is 6.10 Å². The lowest BCUT2D eigenvalue weighted by Gasteiger charge is -2.63. The summed E-state index contributed by atoms with van der Waals surface area (Å²) in [5.74, 6) is 0.758. The molecule has 98 valence electrons. The lowest BCUT2D eigenvalue weighted by Crippen LogP contribution is -2.71. The van der Waals surface area contributed by atoms with Crippen molar-refractivity contribution in [2.24, 2.45) is 11.3 Å². The third kappa shape index (κ3) is 1.74. The molecule has 2 aliphatic carbocycles. The van der Waals surface area contributed by atoms with Crippen LogP contribution in [0.15, 0.2) is 0 Å². The molecule has 1 saturated heterocycles. The molecule has 3 nitrogen and oxygen atoms in total. The maximum absolute atomic E-state index is 9.59. The quantitative estimate of drug-likeness (QED) is 0.767. The molecule has 0 radical (unpaired) electrons. The van der Waals surface area contributed by atoms with Crippen molar-refractivity contribution >= 4 is 0 Å². The Hall–Kier alpha value is -0.120. The van der Waals surface area contributed by atoms with Gasteiger partial charge in [-0.2, -0.15) is 0 Å². The smallest absolute Gasteiger partial charge is 0.0690 e. The first-order valence-electron chi connectivity index (χ1n) is 7.31. The largest absolute Gasteiger partial charge is 0.393 e. The van der Waals surface area contributed by atoms with Crippen LogP contribution in [0.25, 0.3) is 0 Å². The summed E-state index contributed by atoms with van der Waals surface area (Å²) in [5.41, 5.74) is 0.484. The number of ether oxygens (including phenoxy) is 1. The monoisotopic (exact) mass is 239 g/mol. The number of fused-ring (bicyclic) bond motifs is 2. The number of hydrogen-bond acceptors (Lipinski definition) is 3. The van der Waals surface area contributed by atoms with Gasteiger partial charge in [0, 0.05) is 24.0 Å². The van der Waals surface area contributed by atoms with Gasteiger partial charge in [0.15, 0.2) is 0 Å². The Morgan fingerprint density at radius 1 is 1.47 bits per heavy atom. The Labute approximate surface area is 104 Å². The molecule has 2 saturated carbocycles. The summed E-state index contributed by atoms with van der Waals surface area (Å²) in [6.45, 7) is 3.97. The lowest BCUT2D eigenvalue weighted by atomic mass is 9.46. The number of aliphatic hydroxyl groups excluding tert-OH is 1. The van der Waals surface area contributed by atoms with E-state index in [1.54, 1.807) is 0 Å². The van der Waals surface area contributed by atoms with E-state index in [0.29, 0.717) is 17.6 Å². The van der Waals surface area contributed by atoms with Crippen LogP contribution in [0.5, 0.6) is 0 Å². The van der Waals surface area contributed by atoms with E-state index in [2.05, 4.69) is 5.32 Å². The molecule has 3 heteroatoms. The first-order chi connectivity index (χ1) is 8.28. The second-order valence-corrected chi connectivity index (χ2v) is 6.11. The van der Waals surface area contributed by atoms with Gasteiger partial charge in [-0.05, 0) is 38.6 Å². The molecule has 3 fully saturated rings. The fourth-order valence-corrected chi connectivity index (χ4v) is 4.17. The Bertz CT molecular complexity index is 277. The Kier molecular flexibility index (Phi) is 3.18. The van der Waals surface area contributed by atoms with Gasteiger partial charge in [0.1, 0.15) is 0 Å². The van der Waals surface area contributed by atoms with Gasteiger partial charge in [-0.25, -0.2) is 0 Å². The van der Waals surface area contributed by atoms with Crippen LogP contribution in [0.2, 0.25) is 0 Å².